The second-order valence-electron chi connectivity index (χ2n) is 6.21. The lowest BCUT2D eigenvalue weighted by molar-refractivity contribution is -0.256. The van der Waals surface area contributed by atoms with E-state index in [1.54, 1.807) is 17.0 Å². The predicted octanol–water partition coefficient (Wildman–Crippen LogP) is 3.78. The van der Waals surface area contributed by atoms with Crippen LogP contribution in [0.1, 0.15) is 23.1 Å². The normalized spacial score (nSPS) is 18.9. The third-order valence-corrected chi connectivity index (χ3v) is 4.73. The zero-order chi connectivity index (χ0) is 16.7. The van der Waals surface area contributed by atoms with Crippen molar-refractivity contribution < 1.29 is 14.3 Å². The average molecular weight is 344 g/mol. The Hall–Kier alpha value is -1.88. The topological polar surface area (TPSA) is 38.8 Å². The molecule has 1 spiro atoms. The summed E-state index contributed by atoms with van der Waals surface area (Å²) in [5.74, 6) is -1.52. The molecule has 0 N–H and O–H groups in total. The van der Waals surface area contributed by atoms with Gasteiger partial charge in [0, 0.05) is 10.6 Å². The molecule has 2 aliphatic rings. The molecule has 0 saturated carbocycles. The molecule has 4 rings (SSSR count). The summed E-state index contributed by atoms with van der Waals surface area (Å²) >= 11 is 6.16. The lowest BCUT2D eigenvalue weighted by Crippen LogP contribution is -2.47. The molecule has 0 unspecified atom stereocenters. The summed E-state index contributed by atoms with van der Waals surface area (Å²) in [6, 6.07) is 13.6. The zero-order valence-electron chi connectivity index (χ0n) is 13.4. The summed E-state index contributed by atoms with van der Waals surface area (Å²) in [5, 5.41) is 0.566. The van der Waals surface area contributed by atoms with E-state index in [9.17, 15) is 4.79 Å². The Bertz CT molecular complexity index is 782. The molecule has 2 aliphatic heterocycles. The van der Waals surface area contributed by atoms with Crippen LogP contribution in [0.3, 0.4) is 0 Å². The molecule has 0 bridgehead atoms. The van der Waals surface area contributed by atoms with Gasteiger partial charge in [0.25, 0.3) is 11.7 Å². The molecule has 0 radical (unpaired) electrons. The summed E-state index contributed by atoms with van der Waals surface area (Å²) in [5.41, 5.74) is 3.75. The number of benzene rings is 2. The van der Waals surface area contributed by atoms with Crippen molar-refractivity contribution in [2.24, 2.45) is 0 Å². The van der Waals surface area contributed by atoms with Gasteiger partial charge < -0.3 is 14.4 Å². The highest BCUT2D eigenvalue weighted by atomic mass is 35.5. The van der Waals surface area contributed by atoms with Crippen LogP contribution >= 0.6 is 11.6 Å². The largest absolute Gasteiger partial charge is 0.338 e. The molecule has 1 amide bonds. The zero-order valence-corrected chi connectivity index (χ0v) is 14.2. The Kier molecular flexibility index (Phi) is 3.83. The van der Waals surface area contributed by atoms with Crippen LogP contribution in [-0.2, 0) is 26.6 Å². The molecule has 2 heterocycles. The van der Waals surface area contributed by atoms with E-state index >= 15 is 0 Å². The van der Waals surface area contributed by atoms with Gasteiger partial charge in [-0.05, 0) is 37.1 Å². The van der Waals surface area contributed by atoms with Crippen LogP contribution in [0.2, 0.25) is 5.02 Å². The van der Waals surface area contributed by atoms with Gasteiger partial charge in [0.15, 0.2) is 0 Å². The van der Waals surface area contributed by atoms with Crippen molar-refractivity contribution in [3.05, 3.63) is 64.2 Å². The molecular formula is C19H18ClNO3. The fraction of sp³-hybridized carbons (Fsp3) is 0.316. The highest BCUT2D eigenvalue weighted by Gasteiger charge is 2.54. The first-order valence-corrected chi connectivity index (χ1v) is 8.43. The molecule has 2 aromatic carbocycles. The second-order valence-corrected chi connectivity index (χ2v) is 6.64. The minimum Gasteiger partial charge on any atom is -0.338 e. The third kappa shape index (κ3) is 2.42. The van der Waals surface area contributed by atoms with Crippen LogP contribution in [0, 0.1) is 6.92 Å². The molecule has 5 heteroatoms. The van der Waals surface area contributed by atoms with Gasteiger partial charge in [-0.15, -0.1) is 0 Å². The van der Waals surface area contributed by atoms with Crippen molar-refractivity contribution in [1.29, 1.82) is 0 Å². The fourth-order valence-corrected chi connectivity index (χ4v) is 3.43. The van der Waals surface area contributed by atoms with Gasteiger partial charge in [0.1, 0.15) is 0 Å². The summed E-state index contributed by atoms with van der Waals surface area (Å²) in [4.78, 5) is 14.9. The monoisotopic (exact) mass is 343 g/mol. The van der Waals surface area contributed by atoms with Crippen molar-refractivity contribution in [1.82, 2.24) is 0 Å². The molecule has 0 atom stereocenters. The van der Waals surface area contributed by atoms with E-state index in [0.29, 0.717) is 30.3 Å². The predicted molar refractivity (Wildman–Crippen MR) is 92.0 cm³/mol. The van der Waals surface area contributed by atoms with Gasteiger partial charge in [0.05, 0.1) is 25.4 Å². The van der Waals surface area contributed by atoms with Crippen LogP contribution in [0.25, 0.3) is 0 Å². The summed E-state index contributed by atoms with van der Waals surface area (Å²) in [7, 11) is 0. The smallest absolute Gasteiger partial charge is 0.292 e. The van der Waals surface area contributed by atoms with Crippen LogP contribution in [0.4, 0.5) is 5.69 Å². The van der Waals surface area contributed by atoms with Crippen LogP contribution in [0.15, 0.2) is 42.5 Å². The Morgan fingerprint density at radius 3 is 2.54 bits per heavy atom. The number of aryl methyl sites for hydroxylation is 1. The van der Waals surface area contributed by atoms with E-state index < -0.39 is 5.79 Å². The van der Waals surface area contributed by atoms with Gasteiger partial charge in [0.2, 0.25) is 0 Å². The van der Waals surface area contributed by atoms with Crippen LogP contribution in [-0.4, -0.2) is 19.1 Å². The number of hydrogen-bond acceptors (Lipinski definition) is 3. The van der Waals surface area contributed by atoms with Gasteiger partial charge in [-0.3, -0.25) is 4.79 Å². The molecule has 0 aromatic heterocycles. The number of nitrogens with zero attached hydrogens (tertiary/aromatic N) is 1. The van der Waals surface area contributed by atoms with Crippen LogP contribution < -0.4 is 4.90 Å². The van der Waals surface area contributed by atoms with Crippen molar-refractivity contribution in [2.75, 3.05) is 18.1 Å². The van der Waals surface area contributed by atoms with E-state index in [2.05, 4.69) is 0 Å². The average Bonchev–Trinajstić information content (AvgIpc) is 2.80. The Labute approximate surface area is 145 Å². The summed E-state index contributed by atoms with van der Waals surface area (Å²) < 4.78 is 11.7. The molecule has 2 aromatic rings. The van der Waals surface area contributed by atoms with E-state index in [0.717, 1.165) is 17.7 Å². The number of carbonyl (C=O) groups excluding carboxylic acids is 1. The molecular weight excluding hydrogens is 326 g/mol. The number of amides is 1. The number of hydrogen-bond donors (Lipinski definition) is 0. The van der Waals surface area contributed by atoms with E-state index in [-0.39, 0.29) is 5.91 Å². The number of carbonyl (C=O) groups is 1. The summed E-state index contributed by atoms with van der Waals surface area (Å²) in [6.45, 7) is 3.51. The highest BCUT2D eigenvalue weighted by molar-refractivity contribution is 6.31. The second kappa shape index (κ2) is 5.88. The van der Waals surface area contributed by atoms with Crippen molar-refractivity contribution in [3.8, 4) is 0 Å². The fourth-order valence-electron chi connectivity index (χ4n) is 3.25. The third-order valence-electron chi connectivity index (χ3n) is 4.49. The number of halogens is 1. The lowest BCUT2D eigenvalue weighted by atomic mass is 10.1. The Morgan fingerprint density at radius 1 is 1.12 bits per heavy atom. The number of rotatable bonds is 2. The van der Waals surface area contributed by atoms with E-state index in [1.807, 2.05) is 37.3 Å². The summed E-state index contributed by atoms with van der Waals surface area (Å²) in [6.07, 6.45) is 0.781. The minimum absolute atomic E-state index is 0.181. The van der Waals surface area contributed by atoms with Crippen molar-refractivity contribution >= 4 is 23.2 Å². The molecule has 1 fully saturated rings. The van der Waals surface area contributed by atoms with Gasteiger partial charge in [-0.25, -0.2) is 0 Å². The number of ether oxygens (including phenoxy) is 2. The maximum atomic E-state index is 13.2. The first-order valence-electron chi connectivity index (χ1n) is 8.06. The first kappa shape index (κ1) is 15.6. The molecule has 0 aliphatic carbocycles. The molecule has 1 saturated heterocycles. The first-order chi connectivity index (χ1) is 11.6. The SMILES string of the molecule is Cc1ccc(CN2C(=O)C3(OCCCO3)c3cc(Cl)ccc32)cc1. The van der Waals surface area contributed by atoms with Crippen molar-refractivity contribution in [3.63, 3.8) is 0 Å². The Balaban J connectivity index is 1.76. The van der Waals surface area contributed by atoms with Gasteiger partial charge >= 0.3 is 0 Å². The Morgan fingerprint density at radius 2 is 1.83 bits per heavy atom. The highest BCUT2D eigenvalue weighted by Crippen LogP contribution is 2.46. The van der Waals surface area contributed by atoms with Crippen molar-refractivity contribution in [2.45, 2.75) is 25.7 Å². The quantitative estimate of drug-likeness (QED) is 0.832. The maximum absolute atomic E-state index is 13.2. The number of anilines is 1. The standard InChI is InChI=1S/C19H18ClNO3/c1-13-3-5-14(6-4-13)12-21-17-8-7-15(20)11-16(17)19(18(21)22)23-9-2-10-24-19/h3-8,11H,2,9-10,12H2,1H3. The number of fused-ring (bicyclic) bond motifs is 2. The van der Waals surface area contributed by atoms with Gasteiger partial charge in [-0.2, -0.15) is 0 Å². The van der Waals surface area contributed by atoms with Crippen LogP contribution in [0.5, 0.6) is 0 Å². The maximum Gasteiger partial charge on any atom is 0.292 e. The van der Waals surface area contributed by atoms with E-state index in [4.69, 9.17) is 21.1 Å². The van der Waals surface area contributed by atoms with Gasteiger partial charge in [-0.1, -0.05) is 41.4 Å². The lowest BCUT2D eigenvalue weighted by Gasteiger charge is -2.32. The minimum atomic E-state index is -1.34. The molecule has 4 nitrogen and oxygen atoms in total. The molecule has 24 heavy (non-hydrogen) atoms. The molecule has 124 valence electrons. The van der Waals surface area contributed by atoms with E-state index in [1.165, 1.54) is 5.56 Å².